The molecule has 1 aliphatic rings. The van der Waals surface area contributed by atoms with Crippen molar-refractivity contribution in [3.8, 4) is 5.88 Å². The highest BCUT2D eigenvalue weighted by Gasteiger charge is 2.20. The van der Waals surface area contributed by atoms with E-state index < -0.39 is 0 Å². The third-order valence-electron chi connectivity index (χ3n) is 5.21. The number of likely N-dealkylation sites (tertiary alicyclic amines) is 1. The number of carbonyl (C=O) groups excluding carboxylic acids is 1. The minimum absolute atomic E-state index is 0. The van der Waals surface area contributed by atoms with Crippen LogP contribution < -0.4 is 4.74 Å². The van der Waals surface area contributed by atoms with Crippen molar-refractivity contribution in [2.45, 2.75) is 53.5 Å². The van der Waals surface area contributed by atoms with E-state index in [0.29, 0.717) is 31.4 Å². The van der Waals surface area contributed by atoms with Crippen LogP contribution in [0.1, 0.15) is 44.4 Å². The molecule has 3 heterocycles. The minimum atomic E-state index is 0. The van der Waals surface area contributed by atoms with E-state index >= 15 is 0 Å². The molecule has 1 amide bonds. The van der Waals surface area contributed by atoms with Gasteiger partial charge in [-0.15, -0.1) is 12.4 Å². The lowest BCUT2D eigenvalue weighted by Crippen LogP contribution is -2.29. The number of halogens is 1. The summed E-state index contributed by atoms with van der Waals surface area (Å²) in [5.74, 6) is 1.57. The molecule has 2 aromatic heterocycles. The van der Waals surface area contributed by atoms with Gasteiger partial charge in [-0.25, -0.2) is 4.98 Å². The van der Waals surface area contributed by atoms with Crippen LogP contribution in [0.2, 0.25) is 0 Å². The lowest BCUT2D eigenvalue weighted by Gasteiger charge is -2.16. The summed E-state index contributed by atoms with van der Waals surface area (Å²) in [4.78, 5) is 18.1. The molecule has 2 aromatic rings. The molecule has 0 N–H and O–H groups in total. The first-order chi connectivity index (χ1) is 12.0. The third-order valence-corrected chi connectivity index (χ3v) is 5.21. The van der Waals surface area contributed by atoms with Crippen molar-refractivity contribution in [2.75, 3.05) is 19.7 Å². The van der Waals surface area contributed by atoms with E-state index in [1.54, 1.807) is 0 Å². The molecule has 0 spiro atoms. The number of aryl methyl sites for hydroxylation is 2. The molecule has 0 radical (unpaired) electrons. The van der Waals surface area contributed by atoms with Gasteiger partial charge in [-0.1, -0.05) is 13.8 Å². The van der Waals surface area contributed by atoms with Gasteiger partial charge in [0.15, 0.2) is 0 Å². The number of ether oxygens (including phenoxy) is 1. The van der Waals surface area contributed by atoms with Crippen molar-refractivity contribution in [1.82, 2.24) is 14.5 Å². The second kappa shape index (κ2) is 8.76. The highest BCUT2D eigenvalue weighted by Crippen LogP contribution is 2.31. The Morgan fingerprint density at radius 2 is 2.04 bits per heavy atom. The van der Waals surface area contributed by atoms with E-state index in [-0.39, 0.29) is 18.3 Å². The second-order valence-corrected chi connectivity index (χ2v) is 7.39. The molecule has 1 saturated heterocycles. The summed E-state index contributed by atoms with van der Waals surface area (Å²) in [5.41, 5.74) is 3.66. The Bertz CT molecular complexity index is 770. The highest BCUT2D eigenvalue weighted by atomic mass is 35.5. The van der Waals surface area contributed by atoms with E-state index in [2.05, 4.69) is 43.3 Å². The monoisotopic (exact) mass is 379 g/mol. The second-order valence-electron chi connectivity index (χ2n) is 7.39. The molecule has 3 rings (SSSR count). The first-order valence-corrected chi connectivity index (χ1v) is 9.34. The lowest BCUT2D eigenvalue weighted by molar-refractivity contribution is -0.128. The number of nitrogens with zero attached hydrogens (tertiary/aromatic N) is 3. The molecule has 0 atom stereocenters. The van der Waals surface area contributed by atoms with Crippen molar-refractivity contribution in [1.29, 1.82) is 0 Å². The van der Waals surface area contributed by atoms with E-state index in [4.69, 9.17) is 4.74 Å². The first kappa shape index (κ1) is 20.6. The van der Waals surface area contributed by atoms with Gasteiger partial charge in [-0.3, -0.25) is 4.79 Å². The van der Waals surface area contributed by atoms with Gasteiger partial charge in [0.2, 0.25) is 11.8 Å². The van der Waals surface area contributed by atoms with E-state index in [1.807, 2.05) is 11.1 Å². The summed E-state index contributed by atoms with van der Waals surface area (Å²) in [6.45, 7) is 11.8. The number of amides is 1. The van der Waals surface area contributed by atoms with Gasteiger partial charge in [-0.05, 0) is 44.2 Å². The molecule has 144 valence electrons. The van der Waals surface area contributed by atoms with Crippen LogP contribution in [-0.2, 0) is 11.3 Å². The van der Waals surface area contributed by atoms with Crippen molar-refractivity contribution < 1.29 is 9.53 Å². The first-order valence-electron chi connectivity index (χ1n) is 9.34. The summed E-state index contributed by atoms with van der Waals surface area (Å²) in [6.07, 6.45) is 4.58. The van der Waals surface area contributed by atoms with Gasteiger partial charge in [0.05, 0.1) is 6.54 Å². The lowest BCUT2D eigenvalue weighted by atomic mass is 10.1. The Morgan fingerprint density at radius 3 is 2.69 bits per heavy atom. The van der Waals surface area contributed by atoms with Crippen LogP contribution in [0.25, 0.3) is 10.9 Å². The average molecular weight is 380 g/mol. The topological polar surface area (TPSA) is 47.4 Å². The fraction of sp³-hybridized carbons (Fsp3) is 0.600. The molecule has 1 aliphatic heterocycles. The van der Waals surface area contributed by atoms with E-state index in [0.717, 1.165) is 31.4 Å². The smallest absolute Gasteiger partial charge is 0.238 e. The van der Waals surface area contributed by atoms with Crippen LogP contribution >= 0.6 is 12.4 Å². The SMILES string of the molecule is Cc1c(C)n(CCC(C)C)c2c(OCCN3CCCC3=O)nccc12.Cl. The minimum Gasteiger partial charge on any atom is -0.474 e. The third kappa shape index (κ3) is 4.14. The van der Waals surface area contributed by atoms with E-state index in [1.165, 1.54) is 16.6 Å². The normalized spacial score (nSPS) is 14.3. The number of rotatable bonds is 7. The van der Waals surface area contributed by atoms with Crippen molar-refractivity contribution >= 4 is 29.2 Å². The van der Waals surface area contributed by atoms with Gasteiger partial charge >= 0.3 is 0 Å². The molecular formula is C20H30ClN3O2. The van der Waals surface area contributed by atoms with Crippen LogP contribution in [0.3, 0.4) is 0 Å². The Labute approximate surface area is 162 Å². The zero-order valence-electron chi connectivity index (χ0n) is 16.2. The zero-order chi connectivity index (χ0) is 18.0. The number of hydrogen-bond donors (Lipinski definition) is 0. The molecule has 1 fully saturated rings. The van der Waals surface area contributed by atoms with Gasteiger partial charge in [0, 0.05) is 36.8 Å². The van der Waals surface area contributed by atoms with E-state index in [9.17, 15) is 4.79 Å². The molecule has 5 nitrogen and oxygen atoms in total. The Kier molecular flexibility index (Phi) is 6.93. The molecule has 26 heavy (non-hydrogen) atoms. The predicted octanol–water partition coefficient (Wildman–Crippen LogP) is 4.12. The van der Waals surface area contributed by atoms with Crippen molar-refractivity contribution in [3.63, 3.8) is 0 Å². The zero-order valence-corrected chi connectivity index (χ0v) is 17.1. The summed E-state index contributed by atoms with van der Waals surface area (Å²) in [5, 5.41) is 1.21. The van der Waals surface area contributed by atoms with Gasteiger partial charge < -0.3 is 14.2 Å². The van der Waals surface area contributed by atoms with Crippen molar-refractivity contribution in [2.24, 2.45) is 5.92 Å². The van der Waals surface area contributed by atoms with Crippen LogP contribution in [0.15, 0.2) is 12.3 Å². The molecular weight excluding hydrogens is 350 g/mol. The maximum Gasteiger partial charge on any atom is 0.238 e. The number of hydrogen-bond acceptors (Lipinski definition) is 3. The van der Waals surface area contributed by atoms with Crippen LogP contribution in [0.5, 0.6) is 5.88 Å². The van der Waals surface area contributed by atoms with Gasteiger partial charge in [0.1, 0.15) is 12.1 Å². The Morgan fingerprint density at radius 1 is 1.27 bits per heavy atom. The van der Waals surface area contributed by atoms with Crippen molar-refractivity contribution in [3.05, 3.63) is 23.5 Å². The Balaban J connectivity index is 0.00000243. The number of pyridine rings is 1. The summed E-state index contributed by atoms with van der Waals surface area (Å²) in [7, 11) is 0. The van der Waals surface area contributed by atoms with Gasteiger partial charge in [0.25, 0.3) is 0 Å². The Hall–Kier alpha value is -1.75. The molecule has 6 heteroatoms. The highest BCUT2D eigenvalue weighted by molar-refractivity contribution is 5.88. The fourth-order valence-corrected chi connectivity index (χ4v) is 3.53. The fourth-order valence-electron chi connectivity index (χ4n) is 3.53. The summed E-state index contributed by atoms with van der Waals surface area (Å²) >= 11 is 0. The molecule has 0 aromatic carbocycles. The maximum absolute atomic E-state index is 11.7. The quantitative estimate of drug-likeness (QED) is 0.726. The van der Waals surface area contributed by atoms with Crippen LogP contribution in [-0.4, -0.2) is 40.1 Å². The van der Waals surface area contributed by atoms with Crippen LogP contribution in [0.4, 0.5) is 0 Å². The molecule has 0 bridgehead atoms. The predicted molar refractivity (Wildman–Crippen MR) is 107 cm³/mol. The summed E-state index contributed by atoms with van der Waals surface area (Å²) < 4.78 is 8.36. The average Bonchev–Trinajstić information content (AvgIpc) is 3.09. The number of carbonyl (C=O) groups is 1. The molecule has 0 unspecified atom stereocenters. The number of aromatic nitrogens is 2. The number of fused-ring (bicyclic) bond motifs is 1. The van der Waals surface area contributed by atoms with Crippen LogP contribution in [0, 0.1) is 19.8 Å². The maximum atomic E-state index is 11.7. The molecule has 0 saturated carbocycles. The largest absolute Gasteiger partial charge is 0.474 e. The summed E-state index contributed by atoms with van der Waals surface area (Å²) in [6, 6.07) is 2.07. The van der Waals surface area contributed by atoms with Gasteiger partial charge in [-0.2, -0.15) is 0 Å². The molecule has 0 aliphatic carbocycles. The standard InChI is InChI=1S/C20H29N3O2.ClH/c1-14(2)8-11-23-16(4)15(3)17-7-9-21-20(19(17)23)25-13-12-22-10-5-6-18(22)24;/h7,9,14H,5-6,8,10-13H2,1-4H3;1H.